The lowest BCUT2D eigenvalue weighted by atomic mass is 9.87. The molecule has 0 aliphatic carbocycles. The van der Waals surface area contributed by atoms with Crippen LogP contribution in [0, 0.1) is 0 Å². The third-order valence-corrected chi connectivity index (χ3v) is 14.0. The van der Waals surface area contributed by atoms with Gasteiger partial charge in [-0.05, 0) is 138 Å². The van der Waals surface area contributed by atoms with Gasteiger partial charge in [-0.2, -0.15) is 0 Å². The number of benzene rings is 12. The van der Waals surface area contributed by atoms with Crippen LogP contribution in [-0.2, 0) is 0 Å². The number of aromatic nitrogens is 1. The molecule has 2 nitrogen and oxygen atoms in total. The first kappa shape index (κ1) is 41.0. The lowest BCUT2D eigenvalue weighted by molar-refractivity contribution is 1.18. The average molecular weight is 891 g/mol. The molecule has 328 valence electrons. The van der Waals surface area contributed by atoms with E-state index in [0.717, 1.165) is 28.3 Å². The molecule has 0 amide bonds. The highest BCUT2D eigenvalue weighted by atomic mass is 15.1. The molecule has 12 aromatic carbocycles. The van der Waals surface area contributed by atoms with E-state index >= 15 is 0 Å². The van der Waals surface area contributed by atoms with Crippen molar-refractivity contribution in [3.63, 3.8) is 0 Å². The van der Waals surface area contributed by atoms with Crippen molar-refractivity contribution < 1.29 is 0 Å². The van der Waals surface area contributed by atoms with E-state index in [1.165, 1.54) is 93.4 Å². The maximum absolute atomic E-state index is 2.45. The Labute approximate surface area is 408 Å². The van der Waals surface area contributed by atoms with E-state index in [4.69, 9.17) is 0 Å². The van der Waals surface area contributed by atoms with Crippen LogP contribution in [0.15, 0.2) is 279 Å². The first-order valence-electron chi connectivity index (χ1n) is 24.1. The first-order chi connectivity index (χ1) is 34.7. The van der Waals surface area contributed by atoms with Gasteiger partial charge in [0.2, 0.25) is 0 Å². The Morgan fingerprint density at radius 3 is 1.47 bits per heavy atom. The second-order valence-corrected chi connectivity index (χ2v) is 18.0. The summed E-state index contributed by atoms with van der Waals surface area (Å²) in [6.45, 7) is 0. The standard InChI is InChI=1S/C68H46N2/c1-4-19-48(20-5-1)56-26-12-15-31-62(56)68-58(49-21-6-2-7-22-49)32-18-34-67(68)69(55-42-37-50(38-43-55)63-46-52-23-10-11-27-57(52)59-28-13-14-29-60(59)63)54-40-35-47(36-41-54)51-39-44-66-64(45-51)61-30-16-17-33-65(61)70(66)53-24-8-3-9-25-53/h1-46H. The number of anilines is 3. The van der Waals surface area contributed by atoms with Crippen LogP contribution in [0.1, 0.15) is 0 Å². The molecule has 0 aliphatic heterocycles. The van der Waals surface area contributed by atoms with Crippen molar-refractivity contribution in [2.24, 2.45) is 0 Å². The van der Waals surface area contributed by atoms with Crippen molar-refractivity contribution in [1.82, 2.24) is 4.57 Å². The molecule has 2 heteroatoms. The zero-order valence-electron chi connectivity index (χ0n) is 38.5. The second kappa shape index (κ2) is 17.4. The molecule has 13 aromatic rings. The number of hydrogen-bond acceptors (Lipinski definition) is 1. The van der Waals surface area contributed by atoms with E-state index in [1.54, 1.807) is 0 Å². The number of hydrogen-bond donors (Lipinski definition) is 0. The zero-order chi connectivity index (χ0) is 46.4. The van der Waals surface area contributed by atoms with E-state index < -0.39 is 0 Å². The van der Waals surface area contributed by atoms with E-state index in [0.29, 0.717) is 0 Å². The summed E-state index contributed by atoms with van der Waals surface area (Å²) < 4.78 is 2.38. The fourth-order valence-electron chi connectivity index (χ4n) is 10.8. The Morgan fingerprint density at radius 1 is 0.257 bits per heavy atom. The van der Waals surface area contributed by atoms with Gasteiger partial charge in [-0.3, -0.25) is 0 Å². The lowest BCUT2D eigenvalue weighted by Crippen LogP contribution is -2.12. The van der Waals surface area contributed by atoms with Crippen LogP contribution in [-0.4, -0.2) is 4.57 Å². The van der Waals surface area contributed by atoms with Crippen LogP contribution in [0.4, 0.5) is 17.1 Å². The Balaban J connectivity index is 0.996. The Bertz CT molecular complexity index is 4020. The van der Waals surface area contributed by atoms with Gasteiger partial charge in [0.15, 0.2) is 0 Å². The number of nitrogens with zero attached hydrogens (tertiary/aromatic N) is 2. The predicted molar refractivity (Wildman–Crippen MR) is 298 cm³/mol. The van der Waals surface area contributed by atoms with Crippen LogP contribution in [0.5, 0.6) is 0 Å². The largest absolute Gasteiger partial charge is 0.310 e. The van der Waals surface area contributed by atoms with Crippen molar-refractivity contribution in [1.29, 1.82) is 0 Å². The maximum Gasteiger partial charge on any atom is 0.0546 e. The highest BCUT2D eigenvalue weighted by molar-refractivity contribution is 6.14. The fraction of sp³-hybridized carbons (Fsp3) is 0. The minimum absolute atomic E-state index is 1.07. The van der Waals surface area contributed by atoms with Crippen molar-refractivity contribution in [3.05, 3.63) is 279 Å². The Hall–Kier alpha value is -9.24. The van der Waals surface area contributed by atoms with Gasteiger partial charge in [0.25, 0.3) is 0 Å². The summed E-state index contributed by atoms with van der Waals surface area (Å²) in [5, 5.41) is 7.51. The summed E-state index contributed by atoms with van der Waals surface area (Å²) in [6, 6.07) is 102. The molecule has 0 unspecified atom stereocenters. The minimum atomic E-state index is 1.07. The maximum atomic E-state index is 2.45. The molecule has 1 aromatic heterocycles. The summed E-state index contributed by atoms with van der Waals surface area (Å²) in [6.07, 6.45) is 0. The van der Waals surface area contributed by atoms with Gasteiger partial charge in [0, 0.05) is 33.4 Å². The zero-order valence-corrected chi connectivity index (χ0v) is 38.5. The summed E-state index contributed by atoms with van der Waals surface area (Å²) in [4.78, 5) is 2.45. The third kappa shape index (κ3) is 7.13. The molecule has 0 atom stereocenters. The van der Waals surface area contributed by atoms with E-state index in [2.05, 4.69) is 289 Å². The summed E-state index contributed by atoms with van der Waals surface area (Å²) in [5.74, 6) is 0. The smallest absolute Gasteiger partial charge is 0.0546 e. The fourth-order valence-corrected chi connectivity index (χ4v) is 10.8. The molecule has 0 bridgehead atoms. The van der Waals surface area contributed by atoms with Gasteiger partial charge in [0.05, 0.1) is 16.7 Å². The lowest BCUT2D eigenvalue weighted by Gasteiger charge is -2.30. The molecule has 0 aliphatic rings. The number of para-hydroxylation sites is 2. The van der Waals surface area contributed by atoms with Gasteiger partial charge in [-0.15, -0.1) is 0 Å². The minimum Gasteiger partial charge on any atom is -0.310 e. The van der Waals surface area contributed by atoms with E-state index in [1.807, 2.05) is 0 Å². The van der Waals surface area contributed by atoms with Crippen molar-refractivity contribution in [2.45, 2.75) is 0 Å². The molecule has 0 spiro atoms. The predicted octanol–water partition coefficient (Wildman–Crippen LogP) is 18.9. The average Bonchev–Trinajstić information content (AvgIpc) is 3.78. The second-order valence-electron chi connectivity index (χ2n) is 18.0. The highest BCUT2D eigenvalue weighted by Crippen LogP contribution is 2.49. The monoisotopic (exact) mass is 890 g/mol. The van der Waals surface area contributed by atoms with Crippen LogP contribution < -0.4 is 4.90 Å². The van der Waals surface area contributed by atoms with Gasteiger partial charge >= 0.3 is 0 Å². The highest BCUT2D eigenvalue weighted by Gasteiger charge is 2.23. The summed E-state index contributed by atoms with van der Waals surface area (Å²) in [5.41, 5.74) is 18.6. The van der Waals surface area contributed by atoms with E-state index in [9.17, 15) is 0 Å². The normalized spacial score (nSPS) is 11.4. The van der Waals surface area contributed by atoms with Gasteiger partial charge < -0.3 is 9.47 Å². The first-order valence-corrected chi connectivity index (χ1v) is 24.1. The van der Waals surface area contributed by atoms with Gasteiger partial charge in [-0.25, -0.2) is 0 Å². The van der Waals surface area contributed by atoms with Gasteiger partial charge in [0.1, 0.15) is 0 Å². The van der Waals surface area contributed by atoms with Crippen molar-refractivity contribution in [3.8, 4) is 61.3 Å². The summed E-state index contributed by atoms with van der Waals surface area (Å²) >= 11 is 0. The molecule has 0 fully saturated rings. The SMILES string of the molecule is c1ccc(-c2ccccc2-c2c(-c3ccccc3)cccc2N(c2ccc(-c3ccc4c(c3)c3ccccc3n4-c3ccccc3)cc2)c2ccc(-c3cc4ccccc4c4ccccc34)cc2)cc1. The van der Waals surface area contributed by atoms with E-state index in [-0.39, 0.29) is 0 Å². The van der Waals surface area contributed by atoms with Crippen LogP contribution in [0.25, 0.3) is 105 Å². The van der Waals surface area contributed by atoms with Crippen molar-refractivity contribution in [2.75, 3.05) is 4.90 Å². The molecule has 0 N–H and O–H groups in total. The van der Waals surface area contributed by atoms with Crippen LogP contribution >= 0.6 is 0 Å². The quantitative estimate of drug-likeness (QED) is 0.131. The summed E-state index contributed by atoms with van der Waals surface area (Å²) in [7, 11) is 0. The van der Waals surface area contributed by atoms with Crippen LogP contribution in [0.3, 0.4) is 0 Å². The molecule has 1 heterocycles. The van der Waals surface area contributed by atoms with Gasteiger partial charge in [-0.1, -0.05) is 212 Å². The third-order valence-electron chi connectivity index (χ3n) is 14.0. The molecule has 0 saturated carbocycles. The topological polar surface area (TPSA) is 8.17 Å². The molecule has 70 heavy (non-hydrogen) atoms. The molecular formula is C68H46N2. The van der Waals surface area contributed by atoms with Crippen LogP contribution in [0.2, 0.25) is 0 Å². The number of fused-ring (bicyclic) bond motifs is 6. The molecule has 13 rings (SSSR count). The van der Waals surface area contributed by atoms with Crippen molar-refractivity contribution >= 4 is 60.4 Å². The number of rotatable bonds is 9. The molecular weight excluding hydrogens is 845 g/mol. The molecule has 0 radical (unpaired) electrons. The molecule has 0 saturated heterocycles. The Morgan fingerprint density at radius 2 is 0.757 bits per heavy atom. The Kier molecular flexibility index (Phi) is 10.2.